The van der Waals surface area contributed by atoms with E-state index in [0.29, 0.717) is 29.2 Å². The molecule has 26 heavy (non-hydrogen) atoms. The van der Waals surface area contributed by atoms with Crippen LogP contribution in [0.2, 0.25) is 5.02 Å². The lowest BCUT2D eigenvalue weighted by molar-refractivity contribution is 0.0219. The van der Waals surface area contributed by atoms with E-state index >= 15 is 0 Å². The molecule has 8 heteroatoms. The zero-order chi connectivity index (χ0) is 19.1. The summed E-state index contributed by atoms with van der Waals surface area (Å²) < 4.78 is 19.5. The van der Waals surface area contributed by atoms with Gasteiger partial charge >= 0.3 is 6.09 Å². The van der Waals surface area contributed by atoms with Crippen molar-refractivity contribution in [3.8, 4) is 17.3 Å². The van der Waals surface area contributed by atoms with Gasteiger partial charge in [0, 0.05) is 17.1 Å². The van der Waals surface area contributed by atoms with E-state index in [-0.39, 0.29) is 23.8 Å². The summed E-state index contributed by atoms with van der Waals surface area (Å²) in [5.74, 6) is -0.742. The number of aromatic hydroxyl groups is 1. The van der Waals surface area contributed by atoms with Crippen LogP contribution in [0.4, 0.5) is 9.18 Å². The Labute approximate surface area is 155 Å². The summed E-state index contributed by atoms with van der Waals surface area (Å²) in [6.45, 7) is 5.89. The van der Waals surface area contributed by atoms with E-state index in [1.807, 2.05) is 0 Å². The molecule has 138 valence electrons. The number of nitrogens with zero attached hydrogens (tertiary/aromatic N) is 3. The first-order valence-electron chi connectivity index (χ1n) is 8.16. The van der Waals surface area contributed by atoms with E-state index in [0.717, 1.165) is 0 Å². The summed E-state index contributed by atoms with van der Waals surface area (Å²) in [6, 6.07) is 4.03. The lowest BCUT2D eigenvalue weighted by atomic mass is 10.1. The number of halogens is 2. The normalized spacial score (nSPS) is 14.1. The molecule has 2 aromatic rings. The van der Waals surface area contributed by atoms with E-state index in [9.17, 15) is 14.3 Å². The summed E-state index contributed by atoms with van der Waals surface area (Å²) in [7, 11) is 0. The number of rotatable bonds is 1. The summed E-state index contributed by atoms with van der Waals surface area (Å²) in [4.78, 5) is 22.1. The molecule has 1 N–H and O–H groups in total. The Morgan fingerprint density at radius 3 is 2.77 bits per heavy atom. The SMILES string of the molecule is CC(C)(C)OC(=O)N1CCc2c(O)nc(-c3cc(Cl)ccc3F)nc2C1. The van der Waals surface area contributed by atoms with E-state index < -0.39 is 17.5 Å². The maximum absolute atomic E-state index is 14.1. The third kappa shape index (κ3) is 3.88. The molecule has 1 aromatic carbocycles. The Balaban J connectivity index is 1.94. The Hall–Kier alpha value is -2.41. The molecule has 1 amide bonds. The number of ether oxygens (including phenoxy) is 1. The highest BCUT2D eigenvalue weighted by Crippen LogP contribution is 2.30. The minimum absolute atomic E-state index is 0.0206. The van der Waals surface area contributed by atoms with Gasteiger partial charge in [-0.1, -0.05) is 11.6 Å². The summed E-state index contributed by atoms with van der Waals surface area (Å²) in [6.07, 6.45) is -0.0737. The van der Waals surface area contributed by atoms with Gasteiger partial charge in [0.2, 0.25) is 5.88 Å². The van der Waals surface area contributed by atoms with Crippen molar-refractivity contribution in [2.24, 2.45) is 0 Å². The third-order valence-electron chi connectivity index (χ3n) is 3.86. The van der Waals surface area contributed by atoms with Crippen molar-refractivity contribution in [1.82, 2.24) is 14.9 Å². The maximum atomic E-state index is 14.1. The van der Waals surface area contributed by atoms with Crippen molar-refractivity contribution in [3.63, 3.8) is 0 Å². The third-order valence-corrected chi connectivity index (χ3v) is 4.10. The summed E-state index contributed by atoms with van der Waals surface area (Å²) in [5, 5.41) is 10.6. The molecule has 1 aliphatic heterocycles. The Kier molecular flexibility index (Phi) is 4.75. The molecule has 3 rings (SSSR count). The highest BCUT2D eigenvalue weighted by atomic mass is 35.5. The molecule has 0 atom stereocenters. The largest absolute Gasteiger partial charge is 0.493 e. The predicted octanol–water partition coefficient (Wildman–Crippen LogP) is 3.93. The van der Waals surface area contributed by atoms with Gasteiger partial charge in [0.15, 0.2) is 5.82 Å². The number of carbonyl (C=O) groups is 1. The van der Waals surface area contributed by atoms with Crippen molar-refractivity contribution in [1.29, 1.82) is 0 Å². The number of amides is 1. The van der Waals surface area contributed by atoms with Gasteiger partial charge in [-0.2, -0.15) is 4.98 Å². The second-order valence-electron chi connectivity index (χ2n) is 7.07. The summed E-state index contributed by atoms with van der Waals surface area (Å²) in [5.41, 5.74) is 0.491. The standard InChI is InChI=1S/C18H19ClFN3O3/c1-18(2,3)26-17(25)23-7-6-11-14(9-23)21-15(22-16(11)24)12-8-10(19)4-5-13(12)20/h4-5,8H,6-7,9H2,1-3H3,(H,21,22,24). The van der Waals surface area contributed by atoms with E-state index in [2.05, 4.69) is 9.97 Å². The number of aromatic nitrogens is 2. The maximum Gasteiger partial charge on any atom is 0.410 e. The first-order valence-corrected chi connectivity index (χ1v) is 8.54. The van der Waals surface area contributed by atoms with Crippen LogP contribution in [0.15, 0.2) is 18.2 Å². The minimum atomic E-state index is -0.611. The lowest BCUT2D eigenvalue weighted by Crippen LogP contribution is -2.40. The fourth-order valence-electron chi connectivity index (χ4n) is 2.68. The number of hydrogen-bond donors (Lipinski definition) is 1. The fourth-order valence-corrected chi connectivity index (χ4v) is 2.85. The Morgan fingerprint density at radius 2 is 2.08 bits per heavy atom. The van der Waals surface area contributed by atoms with Gasteiger partial charge < -0.3 is 14.7 Å². The second-order valence-corrected chi connectivity index (χ2v) is 7.51. The molecule has 0 spiro atoms. The molecular formula is C18H19ClFN3O3. The monoisotopic (exact) mass is 379 g/mol. The van der Waals surface area contributed by atoms with Crippen molar-refractivity contribution in [2.75, 3.05) is 6.54 Å². The van der Waals surface area contributed by atoms with Crippen LogP contribution in [0.3, 0.4) is 0 Å². The molecule has 6 nitrogen and oxygen atoms in total. The quantitative estimate of drug-likeness (QED) is 0.812. The molecule has 0 fully saturated rings. The second kappa shape index (κ2) is 6.72. The molecule has 0 aliphatic carbocycles. The average molecular weight is 380 g/mol. The van der Waals surface area contributed by atoms with Crippen LogP contribution >= 0.6 is 11.6 Å². The molecule has 0 unspecified atom stereocenters. The fraction of sp³-hybridized carbons (Fsp3) is 0.389. The first kappa shape index (κ1) is 18.4. The van der Waals surface area contributed by atoms with Gasteiger partial charge in [-0.25, -0.2) is 14.2 Å². The van der Waals surface area contributed by atoms with Crippen LogP contribution in [-0.4, -0.2) is 38.2 Å². The molecule has 1 aliphatic rings. The van der Waals surface area contributed by atoms with Crippen LogP contribution in [0, 0.1) is 5.82 Å². The van der Waals surface area contributed by atoms with Crippen molar-refractivity contribution < 1.29 is 19.0 Å². The molecular weight excluding hydrogens is 361 g/mol. The van der Waals surface area contributed by atoms with Gasteiger partial charge in [-0.15, -0.1) is 0 Å². The van der Waals surface area contributed by atoms with Crippen LogP contribution in [0.1, 0.15) is 32.0 Å². The van der Waals surface area contributed by atoms with Crippen LogP contribution in [-0.2, 0) is 17.7 Å². The molecule has 0 radical (unpaired) electrons. The van der Waals surface area contributed by atoms with Gasteiger partial charge in [0.25, 0.3) is 0 Å². The Bertz CT molecular complexity index is 867. The van der Waals surface area contributed by atoms with Gasteiger partial charge in [0.1, 0.15) is 11.4 Å². The van der Waals surface area contributed by atoms with Gasteiger partial charge in [-0.05, 0) is 45.4 Å². The van der Waals surface area contributed by atoms with E-state index in [1.54, 1.807) is 20.8 Å². The number of carbonyl (C=O) groups excluding carboxylic acids is 1. The first-order chi connectivity index (χ1) is 12.1. The zero-order valence-electron chi connectivity index (χ0n) is 14.7. The Morgan fingerprint density at radius 1 is 1.35 bits per heavy atom. The number of hydrogen-bond acceptors (Lipinski definition) is 5. The van der Waals surface area contributed by atoms with Crippen LogP contribution in [0.5, 0.6) is 5.88 Å². The molecule has 2 heterocycles. The number of benzene rings is 1. The highest BCUT2D eigenvalue weighted by Gasteiger charge is 2.29. The molecule has 0 saturated carbocycles. The van der Waals surface area contributed by atoms with E-state index in [1.165, 1.54) is 23.1 Å². The zero-order valence-corrected chi connectivity index (χ0v) is 15.5. The van der Waals surface area contributed by atoms with Crippen LogP contribution in [0.25, 0.3) is 11.4 Å². The van der Waals surface area contributed by atoms with Gasteiger partial charge in [0.05, 0.1) is 17.8 Å². The van der Waals surface area contributed by atoms with E-state index in [4.69, 9.17) is 16.3 Å². The van der Waals surface area contributed by atoms with Gasteiger partial charge in [-0.3, -0.25) is 0 Å². The van der Waals surface area contributed by atoms with Crippen molar-refractivity contribution in [3.05, 3.63) is 40.3 Å². The smallest absolute Gasteiger partial charge is 0.410 e. The minimum Gasteiger partial charge on any atom is -0.493 e. The molecule has 0 bridgehead atoms. The molecule has 0 saturated heterocycles. The molecule has 1 aromatic heterocycles. The average Bonchev–Trinajstić information content (AvgIpc) is 2.55. The predicted molar refractivity (Wildman–Crippen MR) is 94.4 cm³/mol. The highest BCUT2D eigenvalue weighted by molar-refractivity contribution is 6.30. The number of fused-ring (bicyclic) bond motifs is 1. The van der Waals surface area contributed by atoms with Crippen LogP contribution < -0.4 is 0 Å². The van der Waals surface area contributed by atoms with Crippen molar-refractivity contribution >= 4 is 17.7 Å². The summed E-state index contributed by atoms with van der Waals surface area (Å²) >= 11 is 5.92. The topological polar surface area (TPSA) is 75.5 Å². The van der Waals surface area contributed by atoms with Crippen molar-refractivity contribution in [2.45, 2.75) is 39.3 Å². The lowest BCUT2D eigenvalue weighted by Gasteiger charge is -2.30.